The molecule has 1 aliphatic rings. The Morgan fingerprint density at radius 2 is 1.61 bits per heavy atom. The van der Waals surface area contributed by atoms with Gasteiger partial charge in [-0.05, 0) is 67.8 Å². The normalized spacial score (nSPS) is 14.0. The lowest BCUT2D eigenvalue weighted by Crippen LogP contribution is -2.48. The molecule has 0 aliphatic carbocycles. The van der Waals surface area contributed by atoms with E-state index in [1.165, 1.54) is 16.8 Å². The van der Waals surface area contributed by atoms with Crippen LogP contribution < -0.4 is 4.74 Å². The Labute approximate surface area is 225 Å². The SMILES string of the molecule is CCc1ccc(OCc2cccc(C(=O)N3CCN(Cc4c(C)nn(-c5ccccc5)c4C)CC3)c2)cc1. The van der Waals surface area contributed by atoms with E-state index in [-0.39, 0.29) is 5.91 Å². The molecule has 1 fully saturated rings. The van der Waals surface area contributed by atoms with Crippen LogP contribution in [0.5, 0.6) is 5.75 Å². The summed E-state index contributed by atoms with van der Waals surface area (Å²) < 4.78 is 7.98. The lowest BCUT2D eigenvalue weighted by molar-refractivity contribution is 0.0627. The molecular weight excluding hydrogens is 472 g/mol. The van der Waals surface area contributed by atoms with Gasteiger partial charge in [0, 0.05) is 49.5 Å². The second-order valence-corrected chi connectivity index (χ2v) is 9.95. The van der Waals surface area contributed by atoms with E-state index < -0.39 is 0 Å². The topological polar surface area (TPSA) is 50.6 Å². The summed E-state index contributed by atoms with van der Waals surface area (Å²) in [6.07, 6.45) is 1.01. The highest BCUT2D eigenvalue weighted by molar-refractivity contribution is 5.94. The highest BCUT2D eigenvalue weighted by Gasteiger charge is 2.24. The van der Waals surface area contributed by atoms with Gasteiger partial charge < -0.3 is 9.64 Å². The molecule has 1 aliphatic heterocycles. The van der Waals surface area contributed by atoms with E-state index in [4.69, 9.17) is 9.84 Å². The highest BCUT2D eigenvalue weighted by Crippen LogP contribution is 2.21. The second kappa shape index (κ2) is 11.7. The largest absolute Gasteiger partial charge is 0.489 e. The Morgan fingerprint density at radius 1 is 0.868 bits per heavy atom. The average molecular weight is 509 g/mol. The van der Waals surface area contributed by atoms with Crippen molar-refractivity contribution < 1.29 is 9.53 Å². The van der Waals surface area contributed by atoms with Gasteiger partial charge >= 0.3 is 0 Å². The van der Waals surface area contributed by atoms with Crippen molar-refractivity contribution in [2.75, 3.05) is 26.2 Å². The number of amides is 1. The minimum atomic E-state index is 0.0862. The quantitative estimate of drug-likeness (QED) is 0.311. The number of carbonyl (C=O) groups excluding carboxylic acids is 1. The maximum Gasteiger partial charge on any atom is 0.253 e. The van der Waals surface area contributed by atoms with Gasteiger partial charge in [-0.25, -0.2) is 4.68 Å². The molecule has 1 amide bonds. The number of carbonyl (C=O) groups is 1. The number of para-hydroxylation sites is 1. The molecular formula is C32H36N4O2. The Hall–Kier alpha value is -3.90. The number of rotatable bonds is 8. The fourth-order valence-electron chi connectivity index (χ4n) is 5.02. The lowest BCUT2D eigenvalue weighted by atomic mass is 10.1. The molecule has 4 aromatic rings. The van der Waals surface area contributed by atoms with Gasteiger partial charge in [0.25, 0.3) is 5.91 Å². The van der Waals surface area contributed by atoms with Crippen molar-refractivity contribution in [3.8, 4) is 11.4 Å². The molecule has 1 saturated heterocycles. The number of hydrogen-bond acceptors (Lipinski definition) is 4. The average Bonchev–Trinajstić information content (AvgIpc) is 3.25. The third kappa shape index (κ3) is 5.81. The van der Waals surface area contributed by atoms with Crippen molar-refractivity contribution in [1.82, 2.24) is 19.6 Å². The molecule has 0 spiro atoms. The number of nitrogens with zero attached hydrogens (tertiary/aromatic N) is 4. The van der Waals surface area contributed by atoms with Gasteiger partial charge in [0.1, 0.15) is 12.4 Å². The van der Waals surface area contributed by atoms with Crippen molar-refractivity contribution in [1.29, 1.82) is 0 Å². The molecule has 0 N–H and O–H groups in total. The summed E-state index contributed by atoms with van der Waals surface area (Å²) in [5.74, 6) is 0.929. The Bertz CT molecular complexity index is 1370. The molecule has 0 saturated carbocycles. The first-order valence-electron chi connectivity index (χ1n) is 13.4. The third-order valence-electron chi connectivity index (χ3n) is 7.39. The Balaban J connectivity index is 1.17. The van der Waals surface area contributed by atoms with E-state index in [0.717, 1.165) is 54.3 Å². The summed E-state index contributed by atoms with van der Waals surface area (Å²) in [5, 5.41) is 4.79. The summed E-state index contributed by atoms with van der Waals surface area (Å²) in [6.45, 7) is 10.8. The van der Waals surface area contributed by atoms with Crippen molar-refractivity contribution in [3.63, 3.8) is 0 Å². The molecule has 3 aromatic carbocycles. The molecule has 0 atom stereocenters. The maximum atomic E-state index is 13.3. The zero-order valence-electron chi connectivity index (χ0n) is 22.6. The minimum absolute atomic E-state index is 0.0862. The minimum Gasteiger partial charge on any atom is -0.489 e. The van der Waals surface area contributed by atoms with Crippen LogP contribution in [0.4, 0.5) is 0 Å². The molecule has 38 heavy (non-hydrogen) atoms. The van der Waals surface area contributed by atoms with Crippen LogP contribution in [0.15, 0.2) is 78.9 Å². The second-order valence-electron chi connectivity index (χ2n) is 9.95. The zero-order chi connectivity index (χ0) is 26.5. The van der Waals surface area contributed by atoms with Crippen LogP contribution in [0, 0.1) is 13.8 Å². The first-order chi connectivity index (χ1) is 18.5. The van der Waals surface area contributed by atoms with Crippen LogP contribution in [0.2, 0.25) is 0 Å². The predicted molar refractivity (Wildman–Crippen MR) is 151 cm³/mol. The molecule has 2 heterocycles. The van der Waals surface area contributed by atoms with Crippen molar-refractivity contribution in [2.24, 2.45) is 0 Å². The lowest BCUT2D eigenvalue weighted by Gasteiger charge is -2.35. The fourth-order valence-corrected chi connectivity index (χ4v) is 5.02. The molecule has 0 bridgehead atoms. The molecule has 6 nitrogen and oxygen atoms in total. The van der Waals surface area contributed by atoms with Crippen LogP contribution in [0.25, 0.3) is 5.69 Å². The van der Waals surface area contributed by atoms with Gasteiger partial charge in [0.15, 0.2) is 0 Å². The predicted octanol–water partition coefficient (Wildman–Crippen LogP) is 5.59. The van der Waals surface area contributed by atoms with E-state index in [1.54, 1.807) is 0 Å². The van der Waals surface area contributed by atoms with Crippen molar-refractivity contribution >= 4 is 5.91 Å². The summed E-state index contributed by atoms with van der Waals surface area (Å²) in [7, 11) is 0. The Kier molecular flexibility index (Phi) is 7.89. The highest BCUT2D eigenvalue weighted by atomic mass is 16.5. The van der Waals surface area contributed by atoms with E-state index >= 15 is 0 Å². The number of benzene rings is 3. The number of aryl methyl sites for hydroxylation is 2. The first kappa shape index (κ1) is 25.7. The number of piperazine rings is 1. The first-order valence-corrected chi connectivity index (χ1v) is 13.4. The van der Waals surface area contributed by atoms with Crippen molar-refractivity contribution in [2.45, 2.75) is 40.3 Å². The van der Waals surface area contributed by atoms with Gasteiger partial charge in [0.2, 0.25) is 0 Å². The maximum absolute atomic E-state index is 13.3. The van der Waals surface area contributed by atoms with Gasteiger partial charge in [-0.2, -0.15) is 5.10 Å². The van der Waals surface area contributed by atoms with E-state index in [0.29, 0.717) is 19.7 Å². The third-order valence-corrected chi connectivity index (χ3v) is 7.39. The number of aromatic nitrogens is 2. The van der Waals surface area contributed by atoms with E-state index in [2.05, 4.69) is 49.9 Å². The van der Waals surface area contributed by atoms with E-state index in [1.807, 2.05) is 64.2 Å². The number of ether oxygens (including phenoxy) is 1. The van der Waals surface area contributed by atoms with Gasteiger partial charge in [-0.15, -0.1) is 0 Å². The molecule has 5 rings (SSSR count). The fraction of sp³-hybridized carbons (Fsp3) is 0.312. The summed E-state index contributed by atoms with van der Waals surface area (Å²) in [4.78, 5) is 17.7. The van der Waals surface area contributed by atoms with Crippen LogP contribution in [0.1, 0.15) is 45.4 Å². The van der Waals surface area contributed by atoms with Crippen LogP contribution in [-0.2, 0) is 19.6 Å². The monoisotopic (exact) mass is 508 g/mol. The summed E-state index contributed by atoms with van der Waals surface area (Å²) in [5.41, 5.74) is 7.59. The zero-order valence-corrected chi connectivity index (χ0v) is 22.6. The van der Waals surface area contributed by atoms with Crippen LogP contribution >= 0.6 is 0 Å². The molecule has 6 heteroatoms. The van der Waals surface area contributed by atoms with Gasteiger partial charge in [-0.1, -0.05) is 49.4 Å². The van der Waals surface area contributed by atoms with Crippen molar-refractivity contribution in [3.05, 3.63) is 113 Å². The summed E-state index contributed by atoms with van der Waals surface area (Å²) >= 11 is 0. The molecule has 1 aromatic heterocycles. The molecule has 0 radical (unpaired) electrons. The molecule has 0 unspecified atom stereocenters. The van der Waals surface area contributed by atoms with Crippen LogP contribution in [-0.4, -0.2) is 51.7 Å². The Morgan fingerprint density at radius 3 is 2.32 bits per heavy atom. The molecule has 196 valence electrons. The van der Waals surface area contributed by atoms with Gasteiger partial charge in [0.05, 0.1) is 11.4 Å². The number of hydrogen-bond donors (Lipinski definition) is 0. The van der Waals surface area contributed by atoms with Crippen LogP contribution in [0.3, 0.4) is 0 Å². The standard InChI is InChI=1S/C32H36N4O2/c1-4-26-13-15-30(16-14-26)38-23-27-9-8-10-28(21-27)32(37)35-19-17-34(18-20-35)22-31-24(2)33-36(25(31)3)29-11-6-5-7-12-29/h5-16,21H,4,17-20,22-23H2,1-3H3. The van der Waals surface area contributed by atoms with Gasteiger partial charge in [-0.3, -0.25) is 9.69 Å². The summed E-state index contributed by atoms with van der Waals surface area (Å²) in [6, 6.07) is 26.3. The van der Waals surface area contributed by atoms with E-state index in [9.17, 15) is 4.79 Å². The smallest absolute Gasteiger partial charge is 0.253 e.